The van der Waals surface area contributed by atoms with E-state index in [0.29, 0.717) is 11.1 Å². The second-order valence-electron chi connectivity index (χ2n) is 7.84. The molecule has 0 heterocycles. The lowest BCUT2D eigenvalue weighted by Crippen LogP contribution is -2.25. The van der Waals surface area contributed by atoms with E-state index in [0.717, 1.165) is 4.90 Å². The maximum absolute atomic E-state index is 13.4. The zero-order chi connectivity index (χ0) is 25.1. The molecule has 8 heteroatoms. The van der Waals surface area contributed by atoms with Crippen molar-refractivity contribution >= 4 is 33.5 Å². The van der Waals surface area contributed by atoms with E-state index in [1.165, 1.54) is 25.6 Å². The van der Waals surface area contributed by atoms with Gasteiger partial charge in [0.15, 0.2) is 15.3 Å². The molecular weight excluding hydrogens is 472 g/mol. The molecule has 2 atom stereocenters. The molecule has 0 aliphatic carbocycles. The lowest BCUT2D eigenvalue weighted by Gasteiger charge is -2.23. The quantitative estimate of drug-likeness (QED) is 0.158. The molecule has 2 rings (SSSR count). The van der Waals surface area contributed by atoms with E-state index in [2.05, 4.69) is 13.2 Å². The van der Waals surface area contributed by atoms with Crippen molar-refractivity contribution in [2.24, 2.45) is 0 Å². The van der Waals surface area contributed by atoms with E-state index in [1.807, 2.05) is 30.3 Å². The van der Waals surface area contributed by atoms with E-state index in [9.17, 15) is 18.0 Å². The van der Waals surface area contributed by atoms with Crippen LogP contribution in [-0.2, 0) is 28.9 Å². The number of sulfone groups is 1. The maximum atomic E-state index is 13.4. The molecule has 2 aromatic rings. The number of carbonyl (C=O) groups is 2. The Morgan fingerprint density at radius 3 is 1.97 bits per heavy atom. The fraction of sp³-hybridized carbons (Fsp3) is 0.308. The first-order chi connectivity index (χ1) is 16.1. The fourth-order valence-electron chi connectivity index (χ4n) is 3.26. The molecule has 0 saturated carbocycles. The summed E-state index contributed by atoms with van der Waals surface area (Å²) in [6, 6.07) is 17.7. The molecule has 0 N–H and O–H groups in total. The molecule has 34 heavy (non-hydrogen) atoms. The first-order valence-electron chi connectivity index (χ1n) is 10.7. The number of rotatable bonds is 13. The summed E-state index contributed by atoms with van der Waals surface area (Å²) in [5, 5.41) is -0.856. The standard InChI is InChI=1S/C26H30O6S2/c1-19(17-26(32-22(4)28)33-23-11-7-5-8-12-23)15-25(16-20(2)18-31-21(3)27)34(29,30)24-13-9-6-10-14-24/h5-14,25-26H,1-2,15-18H2,3-4H3/t25-,26+/m1/s1. The highest BCUT2D eigenvalue weighted by Crippen LogP contribution is 2.32. The highest BCUT2D eigenvalue weighted by Gasteiger charge is 2.29. The molecule has 6 nitrogen and oxygen atoms in total. The normalized spacial score (nSPS) is 12.9. The largest absolute Gasteiger partial charge is 0.461 e. The summed E-state index contributed by atoms with van der Waals surface area (Å²) >= 11 is 1.37. The Morgan fingerprint density at radius 1 is 0.853 bits per heavy atom. The van der Waals surface area contributed by atoms with Crippen molar-refractivity contribution in [3.63, 3.8) is 0 Å². The van der Waals surface area contributed by atoms with Crippen LogP contribution in [0.15, 0.2) is 94.8 Å². The molecule has 0 aliphatic rings. The van der Waals surface area contributed by atoms with Gasteiger partial charge in [0.25, 0.3) is 0 Å². The van der Waals surface area contributed by atoms with Gasteiger partial charge in [0, 0.05) is 25.2 Å². The summed E-state index contributed by atoms with van der Waals surface area (Å²) in [7, 11) is -3.72. The van der Waals surface area contributed by atoms with Crippen molar-refractivity contribution in [2.75, 3.05) is 6.61 Å². The molecule has 0 radical (unpaired) electrons. The van der Waals surface area contributed by atoms with E-state index >= 15 is 0 Å². The van der Waals surface area contributed by atoms with Crippen LogP contribution in [0, 0.1) is 0 Å². The number of carbonyl (C=O) groups excluding carboxylic acids is 2. The zero-order valence-corrected chi connectivity index (χ0v) is 21.1. The summed E-state index contributed by atoms with van der Waals surface area (Å²) < 4.78 is 37.3. The molecule has 2 aromatic carbocycles. The van der Waals surface area contributed by atoms with E-state index < -0.39 is 32.5 Å². The van der Waals surface area contributed by atoms with Crippen LogP contribution in [0.1, 0.15) is 33.1 Å². The average molecular weight is 503 g/mol. The van der Waals surface area contributed by atoms with Crippen LogP contribution in [0.2, 0.25) is 0 Å². The lowest BCUT2D eigenvalue weighted by molar-refractivity contribution is -0.142. The van der Waals surface area contributed by atoms with Crippen LogP contribution < -0.4 is 0 Å². The zero-order valence-electron chi connectivity index (χ0n) is 19.4. The van der Waals surface area contributed by atoms with E-state index in [4.69, 9.17) is 9.47 Å². The van der Waals surface area contributed by atoms with Crippen LogP contribution in [0.3, 0.4) is 0 Å². The topological polar surface area (TPSA) is 86.7 Å². The molecule has 0 fully saturated rings. The van der Waals surface area contributed by atoms with Gasteiger partial charge in [-0.1, -0.05) is 66.9 Å². The number of esters is 2. The maximum Gasteiger partial charge on any atom is 0.303 e. The summed E-state index contributed by atoms with van der Waals surface area (Å²) in [6.45, 7) is 10.5. The van der Waals surface area contributed by atoms with Crippen molar-refractivity contribution in [3.05, 3.63) is 85.0 Å². The molecule has 0 spiro atoms. The first-order valence-corrected chi connectivity index (χ1v) is 13.1. The van der Waals surface area contributed by atoms with Crippen LogP contribution in [-0.4, -0.2) is 37.6 Å². The number of hydrogen-bond acceptors (Lipinski definition) is 7. The van der Waals surface area contributed by atoms with Crippen molar-refractivity contribution in [2.45, 2.75) is 53.6 Å². The van der Waals surface area contributed by atoms with Gasteiger partial charge in [0.2, 0.25) is 0 Å². The van der Waals surface area contributed by atoms with Gasteiger partial charge in [0.05, 0.1) is 10.1 Å². The first kappa shape index (κ1) is 27.4. The Kier molecular flexibility index (Phi) is 10.6. The van der Waals surface area contributed by atoms with E-state index in [-0.39, 0.29) is 30.8 Å². The third kappa shape index (κ3) is 9.19. The van der Waals surface area contributed by atoms with Crippen molar-refractivity contribution < 1.29 is 27.5 Å². The second-order valence-corrected chi connectivity index (χ2v) is 11.3. The SMILES string of the molecule is C=C(COC(C)=O)C[C@@H](CC(=C)C[C@@H](OC(C)=O)Sc1ccccc1)S(=O)(=O)c1ccccc1. The van der Waals surface area contributed by atoms with Gasteiger partial charge >= 0.3 is 11.9 Å². The van der Waals surface area contributed by atoms with Crippen LogP contribution in [0.25, 0.3) is 0 Å². The highest BCUT2D eigenvalue weighted by molar-refractivity contribution is 7.99. The van der Waals surface area contributed by atoms with Crippen molar-refractivity contribution in [1.82, 2.24) is 0 Å². The smallest absolute Gasteiger partial charge is 0.303 e. The summed E-state index contributed by atoms with van der Waals surface area (Å²) in [5.41, 5.74) is 0.568. The third-order valence-electron chi connectivity index (χ3n) is 4.79. The summed E-state index contributed by atoms with van der Waals surface area (Å²) in [6.07, 6.45) is 0.535. The lowest BCUT2D eigenvalue weighted by atomic mass is 10.0. The molecule has 0 saturated heterocycles. The molecule has 182 valence electrons. The number of thioether (sulfide) groups is 1. The molecular formula is C26H30O6S2. The van der Waals surface area contributed by atoms with E-state index in [1.54, 1.807) is 30.3 Å². The molecule has 0 aliphatic heterocycles. The predicted octanol–water partition coefficient (Wildman–Crippen LogP) is 5.36. The monoisotopic (exact) mass is 502 g/mol. The van der Waals surface area contributed by atoms with Crippen LogP contribution in [0.4, 0.5) is 0 Å². The van der Waals surface area contributed by atoms with Gasteiger partial charge in [-0.2, -0.15) is 0 Å². The minimum atomic E-state index is -3.72. The highest BCUT2D eigenvalue weighted by atomic mass is 32.2. The summed E-state index contributed by atoms with van der Waals surface area (Å²) in [4.78, 5) is 23.9. The minimum Gasteiger partial charge on any atom is -0.461 e. The van der Waals surface area contributed by atoms with Gasteiger partial charge in [-0.25, -0.2) is 8.42 Å². The predicted molar refractivity (Wildman–Crippen MR) is 134 cm³/mol. The van der Waals surface area contributed by atoms with Crippen LogP contribution in [0.5, 0.6) is 0 Å². The number of hydrogen-bond donors (Lipinski definition) is 0. The van der Waals surface area contributed by atoms with Gasteiger partial charge < -0.3 is 9.47 Å². The fourth-order valence-corrected chi connectivity index (χ4v) is 6.22. The third-order valence-corrected chi connectivity index (χ3v) is 8.00. The molecule has 0 aromatic heterocycles. The molecule has 0 bridgehead atoms. The Hall–Kier alpha value is -2.84. The van der Waals surface area contributed by atoms with Gasteiger partial charge in [0.1, 0.15) is 6.61 Å². The number of benzene rings is 2. The Labute approximate surface area is 206 Å². The second kappa shape index (κ2) is 13.2. The summed E-state index contributed by atoms with van der Waals surface area (Å²) in [5.74, 6) is -0.889. The van der Waals surface area contributed by atoms with Crippen LogP contribution >= 0.6 is 11.8 Å². The number of ether oxygens (including phenoxy) is 2. The van der Waals surface area contributed by atoms with Gasteiger partial charge in [-0.15, -0.1) is 0 Å². The van der Waals surface area contributed by atoms with Gasteiger partial charge in [-0.05, 0) is 42.7 Å². The Balaban J connectivity index is 2.20. The minimum absolute atomic E-state index is 0.0530. The Bertz CT molecular complexity index is 1090. The van der Waals surface area contributed by atoms with Crippen molar-refractivity contribution in [1.29, 1.82) is 0 Å². The Morgan fingerprint density at radius 2 is 1.41 bits per heavy atom. The molecule has 0 amide bonds. The van der Waals surface area contributed by atoms with Gasteiger partial charge in [-0.3, -0.25) is 9.59 Å². The molecule has 0 unspecified atom stereocenters. The average Bonchev–Trinajstić information content (AvgIpc) is 2.78. The van der Waals surface area contributed by atoms with Crippen molar-refractivity contribution in [3.8, 4) is 0 Å².